The number of fused-ring (bicyclic) bond motifs is 1. The largest absolute Gasteiger partial charge is 0.330 e. The lowest BCUT2D eigenvalue weighted by Gasteiger charge is -2.22. The molecule has 2 heterocycles. The van der Waals surface area contributed by atoms with E-state index in [1.807, 2.05) is 17.5 Å². The van der Waals surface area contributed by atoms with E-state index in [-0.39, 0.29) is 0 Å². The van der Waals surface area contributed by atoms with Gasteiger partial charge < -0.3 is 5.73 Å². The molecule has 0 saturated carbocycles. The molecule has 0 spiro atoms. The van der Waals surface area contributed by atoms with Crippen molar-refractivity contribution >= 4 is 32.1 Å². The van der Waals surface area contributed by atoms with Crippen molar-refractivity contribution in [3.8, 4) is 0 Å². The van der Waals surface area contributed by atoms with Crippen molar-refractivity contribution in [3.63, 3.8) is 0 Å². The third kappa shape index (κ3) is 4.07. The van der Waals surface area contributed by atoms with Crippen LogP contribution in [0, 0.1) is 0 Å². The van der Waals surface area contributed by atoms with E-state index >= 15 is 0 Å². The van der Waals surface area contributed by atoms with Crippen LogP contribution in [0.4, 0.5) is 0 Å². The molecule has 0 amide bonds. The van der Waals surface area contributed by atoms with E-state index in [0.717, 1.165) is 10.9 Å². The summed E-state index contributed by atoms with van der Waals surface area (Å²) in [6.45, 7) is 1.33. The Morgan fingerprint density at radius 1 is 1.16 bits per heavy atom. The molecule has 2 N–H and O–H groups in total. The summed E-state index contributed by atoms with van der Waals surface area (Å²) >= 11 is 1.62. The maximum Gasteiger partial charge on any atom is 0.243 e. The molecule has 7 heteroatoms. The van der Waals surface area contributed by atoms with Crippen LogP contribution in [0.25, 0.3) is 10.8 Å². The minimum atomic E-state index is -3.60. The number of aromatic nitrogens is 1. The minimum Gasteiger partial charge on any atom is -0.330 e. The van der Waals surface area contributed by atoms with Crippen molar-refractivity contribution in [2.24, 2.45) is 5.73 Å². The normalized spacial score (nSPS) is 12.1. The van der Waals surface area contributed by atoms with Crippen LogP contribution in [-0.4, -0.2) is 37.3 Å². The average molecular weight is 376 g/mol. The molecule has 0 aliphatic heterocycles. The first-order chi connectivity index (χ1) is 12.1. The molecule has 0 aliphatic rings. The van der Waals surface area contributed by atoms with Gasteiger partial charge in [0.1, 0.15) is 0 Å². The fourth-order valence-corrected chi connectivity index (χ4v) is 5.16. The molecule has 3 aromatic rings. The lowest BCUT2D eigenvalue weighted by Crippen LogP contribution is -2.34. The molecule has 0 aliphatic carbocycles. The molecule has 1 aromatic carbocycles. The topological polar surface area (TPSA) is 76.3 Å². The summed E-state index contributed by atoms with van der Waals surface area (Å²) in [7, 11) is -3.60. The van der Waals surface area contributed by atoms with Crippen molar-refractivity contribution in [1.82, 2.24) is 9.29 Å². The molecule has 0 fully saturated rings. The highest BCUT2D eigenvalue weighted by atomic mass is 32.2. The van der Waals surface area contributed by atoms with Crippen LogP contribution >= 0.6 is 11.3 Å². The monoisotopic (exact) mass is 375 g/mol. The van der Waals surface area contributed by atoms with Crippen LogP contribution in [0.1, 0.15) is 12.0 Å². The van der Waals surface area contributed by atoms with Crippen LogP contribution in [-0.2, 0) is 16.4 Å². The fourth-order valence-electron chi connectivity index (χ4n) is 2.77. The van der Waals surface area contributed by atoms with E-state index in [0.29, 0.717) is 42.8 Å². The van der Waals surface area contributed by atoms with E-state index < -0.39 is 10.0 Å². The summed E-state index contributed by atoms with van der Waals surface area (Å²) in [6.07, 6.45) is 4.63. The Kier molecular flexibility index (Phi) is 5.80. The quantitative estimate of drug-likeness (QED) is 0.657. The number of pyridine rings is 1. The van der Waals surface area contributed by atoms with Crippen LogP contribution in [0.2, 0.25) is 0 Å². The van der Waals surface area contributed by atoms with Gasteiger partial charge in [-0.15, -0.1) is 0 Å². The van der Waals surface area contributed by atoms with Crippen LogP contribution in [0.3, 0.4) is 0 Å². The Morgan fingerprint density at radius 3 is 2.80 bits per heavy atom. The number of nitrogens with two attached hydrogens (primary N) is 1. The summed E-state index contributed by atoms with van der Waals surface area (Å²) in [5.41, 5.74) is 6.76. The second kappa shape index (κ2) is 8.05. The molecule has 132 valence electrons. The Labute approximate surface area is 152 Å². The van der Waals surface area contributed by atoms with Crippen molar-refractivity contribution < 1.29 is 8.42 Å². The lowest BCUT2D eigenvalue weighted by molar-refractivity contribution is 0.410. The Balaban J connectivity index is 1.94. The zero-order valence-electron chi connectivity index (χ0n) is 13.8. The van der Waals surface area contributed by atoms with Crippen LogP contribution in [0.15, 0.2) is 58.4 Å². The van der Waals surface area contributed by atoms with Crippen LogP contribution < -0.4 is 5.73 Å². The van der Waals surface area contributed by atoms with Gasteiger partial charge in [-0.2, -0.15) is 15.6 Å². The second-order valence-corrected chi connectivity index (χ2v) is 8.47. The zero-order chi connectivity index (χ0) is 17.7. The summed E-state index contributed by atoms with van der Waals surface area (Å²) < 4.78 is 28.1. The number of nitrogens with zero attached hydrogens (tertiary/aromatic N) is 2. The number of hydrogen-bond acceptors (Lipinski definition) is 5. The van der Waals surface area contributed by atoms with Crippen molar-refractivity contribution in [1.29, 1.82) is 0 Å². The van der Waals surface area contributed by atoms with Crippen molar-refractivity contribution in [3.05, 3.63) is 59.0 Å². The lowest BCUT2D eigenvalue weighted by atomic mass is 10.2. The number of thiophene rings is 1. The standard InChI is InChI=1S/C18H21N3O2S2/c19-8-2-10-21(11-6-15-7-12-24-14-15)25(22,23)18-4-1-3-16-13-20-9-5-17(16)18/h1,3-5,7,9,12-14H,2,6,8,10-11,19H2. The highest BCUT2D eigenvalue weighted by Gasteiger charge is 2.25. The maximum atomic E-state index is 13.3. The van der Waals surface area contributed by atoms with Gasteiger partial charge in [0.2, 0.25) is 10.0 Å². The van der Waals surface area contributed by atoms with Crippen molar-refractivity contribution in [2.75, 3.05) is 19.6 Å². The highest BCUT2D eigenvalue weighted by Crippen LogP contribution is 2.25. The smallest absolute Gasteiger partial charge is 0.243 e. The van der Waals surface area contributed by atoms with Gasteiger partial charge in [0, 0.05) is 36.3 Å². The first-order valence-corrected chi connectivity index (χ1v) is 10.6. The molecule has 0 atom stereocenters. The average Bonchev–Trinajstić information content (AvgIpc) is 3.14. The van der Waals surface area contributed by atoms with Gasteiger partial charge in [0.15, 0.2) is 0 Å². The Hall–Kier alpha value is -1.80. The zero-order valence-corrected chi connectivity index (χ0v) is 15.5. The van der Waals surface area contributed by atoms with Gasteiger partial charge in [-0.05, 0) is 53.9 Å². The van der Waals surface area contributed by atoms with Gasteiger partial charge in [0.05, 0.1) is 4.90 Å². The summed E-state index contributed by atoms with van der Waals surface area (Å²) in [4.78, 5) is 4.41. The second-order valence-electron chi connectivity index (χ2n) is 5.78. The molecule has 2 aromatic heterocycles. The molecule has 0 bridgehead atoms. The maximum absolute atomic E-state index is 13.3. The predicted molar refractivity (Wildman–Crippen MR) is 102 cm³/mol. The van der Waals surface area contributed by atoms with E-state index in [1.54, 1.807) is 46.2 Å². The number of benzene rings is 1. The van der Waals surface area contributed by atoms with Crippen LogP contribution in [0.5, 0.6) is 0 Å². The highest BCUT2D eigenvalue weighted by molar-refractivity contribution is 7.89. The Bertz CT molecular complexity index is 919. The van der Waals surface area contributed by atoms with Gasteiger partial charge in [0.25, 0.3) is 0 Å². The third-order valence-electron chi connectivity index (χ3n) is 4.10. The molecule has 3 rings (SSSR count). The van der Waals surface area contributed by atoms with Crippen molar-refractivity contribution in [2.45, 2.75) is 17.7 Å². The molecular weight excluding hydrogens is 354 g/mol. The molecular formula is C18H21N3O2S2. The Morgan fingerprint density at radius 2 is 2.04 bits per heavy atom. The number of rotatable bonds is 8. The predicted octanol–water partition coefficient (Wildman–Crippen LogP) is 2.88. The fraction of sp³-hybridized carbons (Fsp3) is 0.278. The molecule has 5 nitrogen and oxygen atoms in total. The summed E-state index contributed by atoms with van der Waals surface area (Å²) in [5.74, 6) is 0. The van der Waals surface area contributed by atoms with E-state index in [2.05, 4.69) is 10.4 Å². The summed E-state index contributed by atoms with van der Waals surface area (Å²) in [6, 6.07) is 9.08. The first kappa shape index (κ1) is 18.0. The van der Waals surface area contributed by atoms with Gasteiger partial charge in [-0.3, -0.25) is 4.98 Å². The van der Waals surface area contributed by atoms with Gasteiger partial charge in [-0.25, -0.2) is 8.42 Å². The van der Waals surface area contributed by atoms with E-state index in [1.165, 1.54) is 0 Å². The number of sulfonamides is 1. The SMILES string of the molecule is NCCCN(CCc1ccsc1)S(=O)(=O)c1cccc2cnccc12. The minimum absolute atomic E-state index is 0.328. The first-order valence-electron chi connectivity index (χ1n) is 8.17. The van der Waals surface area contributed by atoms with E-state index in [4.69, 9.17) is 5.73 Å². The molecule has 25 heavy (non-hydrogen) atoms. The summed E-state index contributed by atoms with van der Waals surface area (Å²) in [5, 5.41) is 5.58. The molecule has 0 unspecified atom stereocenters. The van der Waals surface area contributed by atoms with E-state index in [9.17, 15) is 8.42 Å². The van der Waals surface area contributed by atoms with Gasteiger partial charge in [-0.1, -0.05) is 12.1 Å². The number of hydrogen-bond donors (Lipinski definition) is 1. The van der Waals surface area contributed by atoms with Gasteiger partial charge >= 0.3 is 0 Å². The molecule has 0 radical (unpaired) electrons. The third-order valence-corrected chi connectivity index (χ3v) is 6.79. The molecule has 0 saturated heterocycles.